The highest BCUT2D eigenvalue weighted by Crippen LogP contribution is 2.23. The molecular formula is C12H15IO4. The zero-order valence-electron chi connectivity index (χ0n) is 9.20. The molecule has 0 spiro atoms. The first-order chi connectivity index (χ1) is 8.18. The number of aliphatic hydroxyl groups excluding tert-OH is 2. The minimum atomic E-state index is -0.803. The molecule has 0 amide bonds. The SMILES string of the molecule is O[C@H]1[C@@H](OCc2ccccc2)OC[C@@H](O)[C@@H]1I. The minimum Gasteiger partial charge on any atom is -0.390 e. The lowest BCUT2D eigenvalue weighted by atomic mass is 10.1. The van der Waals surface area contributed by atoms with Crippen molar-refractivity contribution in [1.29, 1.82) is 0 Å². The highest BCUT2D eigenvalue weighted by atomic mass is 127. The van der Waals surface area contributed by atoms with Gasteiger partial charge < -0.3 is 19.7 Å². The van der Waals surface area contributed by atoms with Crippen LogP contribution in [0.2, 0.25) is 0 Å². The molecule has 0 aliphatic carbocycles. The summed E-state index contributed by atoms with van der Waals surface area (Å²) in [5, 5.41) is 19.4. The van der Waals surface area contributed by atoms with E-state index in [-0.39, 0.29) is 10.5 Å². The summed E-state index contributed by atoms with van der Waals surface area (Å²) >= 11 is 2.02. The Hall–Kier alpha value is -0.210. The number of hydrogen-bond acceptors (Lipinski definition) is 4. The first-order valence-corrected chi connectivity index (χ1v) is 6.70. The van der Waals surface area contributed by atoms with Gasteiger partial charge in [-0.05, 0) is 5.56 Å². The highest BCUT2D eigenvalue weighted by Gasteiger charge is 2.37. The second-order valence-corrected chi connectivity index (χ2v) is 5.44. The Balaban J connectivity index is 1.87. The maximum Gasteiger partial charge on any atom is 0.185 e. The number of hydrogen-bond donors (Lipinski definition) is 2. The van der Waals surface area contributed by atoms with Gasteiger partial charge in [0.2, 0.25) is 0 Å². The van der Waals surface area contributed by atoms with E-state index in [0.717, 1.165) is 5.56 Å². The van der Waals surface area contributed by atoms with E-state index in [2.05, 4.69) is 0 Å². The molecule has 1 aromatic carbocycles. The fourth-order valence-electron chi connectivity index (χ4n) is 1.66. The summed E-state index contributed by atoms with van der Waals surface area (Å²) in [6, 6.07) is 9.70. The summed E-state index contributed by atoms with van der Waals surface area (Å²) in [4.78, 5) is 0. The Morgan fingerprint density at radius 2 is 2.00 bits per heavy atom. The van der Waals surface area contributed by atoms with Gasteiger partial charge in [0.1, 0.15) is 6.10 Å². The van der Waals surface area contributed by atoms with Crippen LogP contribution in [0, 0.1) is 0 Å². The quantitative estimate of drug-likeness (QED) is 0.633. The molecule has 1 fully saturated rings. The summed E-state index contributed by atoms with van der Waals surface area (Å²) in [7, 11) is 0. The van der Waals surface area contributed by atoms with Crippen molar-refractivity contribution in [3.05, 3.63) is 35.9 Å². The second kappa shape index (κ2) is 6.10. The summed E-state index contributed by atoms with van der Waals surface area (Å²) in [6.07, 6.45) is -2.11. The van der Waals surface area contributed by atoms with E-state index in [1.165, 1.54) is 0 Å². The molecule has 4 atom stereocenters. The number of rotatable bonds is 3. The molecule has 1 saturated heterocycles. The van der Waals surface area contributed by atoms with E-state index in [0.29, 0.717) is 6.61 Å². The van der Waals surface area contributed by atoms with Crippen molar-refractivity contribution < 1.29 is 19.7 Å². The van der Waals surface area contributed by atoms with Gasteiger partial charge >= 0.3 is 0 Å². The standard InChI is InChI=1S/C12H15IO4/c13-10-9(14)7-17-12(11(10)15)16-6-8-4-2-1-3-5-8/h1-5,9-12,14-15H,6-7H2/t9-,10+,11-,12+/m1/s1. The zero-order chi connectivity index (χ0) is 12.3. The number of alkyl halides is 1. The molecule has 94 valence electrons. The molecule has 4 nitrogen and oxygen atoms in total. The van der Waals surface area contributed by atoms with Gasteiger partial charge in [0.05, 0.1) is 23.2 Å². The van der Waals surface area contributed by atoms with Crippen LogP contribution in [0.5, 0.6) is 0 Å². The van der Waals surface area contributed by atoms with Crippen LogP contribution in [0.25, 0.3) is 0 Å². The third kappa shape index (κ3) is 3.38. The van der Waals surface area contributed by atoms with E-state index in [1.54, 1.807) is 0 Å². The third-order valence-electron chi connectivity index (χ3n) is 2.66. The predicted molar refractivity (Wildman–Crippen MR) is 70.8 cm³/mol. The minimum absolute atomic E-state index is 0.199. The lowest BCUT2D eigenvalue weighted by Gasteiger charge is -2.34. The number of benzene rings is 1. The van der Waals surface area contributed by atoms with Crippen LogP contribution in [-0.2, 0) is 16.1 Å². The molecule has 1 aromatic rings. The Bertz CT molecular complexity index is 346. The molecule has 1 aliphatic rings. The Morgan fingerprint density at radius 1 is 1.29 bits per heavy atom. The normalized spacial score (nSPS) is 33.6. The Kier molecular flexibility index (Phi) is 4.75. The molecule has 0 saturated carbocycles. The lowest BCUT2D eigenvalue weighted by molar-refractivity contribution is -0.235. The van der Waals surface area contributed by atoms with Gasteiger partial charge in [0, 0.05) is 0 Å². The van der Waals surface area contributed by atoms with Crippen molar-refractivity contribution in [2.45, 2.75) is 29.0 Å². The summed E-state index contributed by atoms with van der Waals surface area (Å²) in [5.41, 5.74) is 1.03. The van der Waals surface area contributed by atoms with Gasteiger partial charge in [-0.15, -0.1) is 0 Å². The largest absolute Gasteiger partial charge is 0.390 e. The van der Waals surface area contributed by atoms with Crippen LogP contribution in [0.4, 0.5) is 0 Å². The van der Waals surface area contributed by atoms with Gasteiger partial charge in [-0.25, -0.2) is 0 Å². The van der Waals surface area contributed by atoms with E-state index < -0.39 is 18.5 Å². The van der Waals surface area contributed by atoms with Crippen molar-refractivity contribution in [3.8, 4) is 0 Å². The molecule has 0 unspecified atom stereocenters. The van der Waals surface area contributed by atoms with Crippen molar-refractivity contribution in [2.75, 3.05) is 6.61 Å². The molecular weight excluding hydrogens is 335 g/mol. The number of aliphatic hydroxyl groups is 2. The number of halogens is 1. The van der Waals surface area contributed by atoms with E-state index >= 15 is 0 Å². The highest BCUT2D eigenvalue weighted by molar-refractivity contribution is 14.1. The monoisotopic (exact) mass is 350 g/mol. The summed E-state index contributed by atoms with van der Waals surface area (Å²) in [6.45, 7) is 0.589. The third-order valence-corrected chi connectivity index (χ3v) is 4.23. The predicted octanol–water partition coefficient (Wildman–Crippen LogP) is 1.08. The van der Waals surface area contributed by atoms with Gasteiger partial charge in [-0.3, -0.25) is 0 Å². The molecule has 0 radical (unpaired) electrons. The fraction of sp³-hybridized carbons (Fsp3) is 0.500. The van der Waals surface area contributed by atoms with E-state index in [1.807, 2.05) is 52.9 Å². The molecule has 2 rings (SSSR count). The van der Waals surface area contributed by atoms with Crippen LogP contribution in [0.1, 0.15) is 5.56 Å². The number of ether oxygens (including phenoxy) is 2. The lowest BCUT2D eigenvalue weighted by Crippen LogP contribution is -2.50. The van der Waals surface area contributed by atoms with Crippen LogP contribution in [0.15, 0.2) is 30.3 Å². The van der Waals surface area contributed by atoms with Crippen molar-refractivity contribution in [3.63, 3.8) is 0 Å². The Labute approximate surface area is 114 Å². The molecule has 1 aliphatic heterocycles. The van der Waals surface area contributed by atoms with Crippen LogP contribution in [-0.4, -0.2) is 39.2 Å². The van der Waals surface area contributed by atoms with Gasteiger partial charge in [-0.2, -0.15) is 0 Å². The first-order valence-electron chi connectivity index (χ1n) is 5.46. The average molecular weight is 350 g/mol. The molecule has 0 bridgehead atoms. The van der Waals surface area contributed by atoms with Crippen molar-refractivity contribution in [1.82, 2.24) is 0 Å². The zero-order valence-corrected chi connectivity index (χ0v) is 11.4. The molecule has 5 heteroatoms. The molecule has 0 aromatic heterocycles. The van der Waals surface area contributed by atoms with E-state index in [9.17, 15) is 10.2 Å². The van der Waals surface area contributed by atoms with Crippen molar-refractivity contribution in [2.24, 2.45) is 0 Å². The fourth-order valence-corrected chi connectivity index (χ4v) is 2.21. The van der Waals surface area contributed by atoms with Crippen molar-refractivity contribution >= 4 is 22.6 Å². The van der Waals surface area contributed by atoms with Crippen LogP contribution >= 0.6 is 22.6 Å². The maximum absolute atomic E-state index is 9.87. The van der Waals surface area contributed by atoms with Gasteiger partial charge in [0.15, 0.2) is 6.29 Å². The Morgan fingerprint density at radius 3 is 2.71 bits per heavy atom. The molecule has 1 heterocycles. The van der Waals surface area contributed by atoms with E-state index in [4.69, 9.17) is 9.47 Å². The van der Waals surface area contributed by atoms with Crippen LogP contribution < -0.4 is 0 Å². The van der Waals surface area contributed by atoms with Gasteiger partial charge in [0.25, 0.3) is 0 Å². The second-order valence-electron chi connectivity index (χ2n) is 4.00. The maximum atomic E-state index is 9.87. The summed E-state index contributed by atoms with van der Waals surface area (Å²) < 4.78 is 10.5. The molecule has 17 heavy (non-hydrogen) atoms. The summed E-state index contributed by atoms with van der Waals surface area (Å²) in [5.74, 6) is 0. The topological polar surface area (TPSA) is 58.9 Å². The van der Waals surface area contributed by atoms with Crippen LogP contribution in [0.3, 0.4) is 0 Å². The first kappa shape index (κ1) is 13.2. The molecule has 2 N–H and O–H groups in total. The van der Waals surface area contributed by atoms with Gasteiger partial charge in [-0.1, -0.05) is 52.9 Å². The average Bonchev–Trinajstić information content (AvgIpc) is 2.36. The smallest absolute Gasteiger partial charge is 0.185 e.